The van der Waals surface area contributed by atoms with Crippen LogP contribution in [0, 0.1) is 0 Å². The molecule has 0 spiro atoms. The maximum atomic E-state index is 7.43. The SMILES string of the molecule is CC(C)(C)c1ccc(Nc2cc(N(c3ccc(C(C)(C)C)cc3)c3ccc(C(C)(C)C)cc3)ccc2-c2c3c4c(c5cc6c(cc5n4-c4c(sc5ccc(C(C)(C)C)cc45)[B]3)C(C)(C)CCC6(C)C)c3oc4ccccc4c23)cc1. The van der Waals surface area contributed by atoms with Gasteiger partial charge < -0.3 is 19.2 Å². The van der Waals surface area contributed by atoms with E-state index in [1.807, 2.05) is 11.3 Å². The highest BCUT2D eigenvalue weighted by Gasteiger charge is 2.40. The Labute approximate surface area is 479 Å². The number of nitrogens with zero attached hydrogens (tertiary/aromatic N) is 2. The quantitative estimate of drug-likeness (QED) is 0.169. The molecule has 0 bridgehead atoms. The molecule has 2 aliphatic rings. The number of para-hydroxylation sites is 1. The van der Waals surface area contributed by atoms with Gasteiger partial charge in [-0.1, -0.05) is 178 Å². The number of rotatable bonds is 6. The molecule has 0 atom stereocenters. The molecular formula is C74H77BN3OS. The Morgan fingerprint density at radius 1 is 0.537 bits per heavy atom. The van der Waals surface area contributed by atoms with Crippen molar-refractivity contribution in [1.29, 1.82) is 0 Å². The van der Waals surface area contributed by atoms with Crippen molar-refractivity contribution in [1.82, 2.24) is 4.57 Å². The van der Waals surface area contributed by atoms with Gasteiger partial charge >= 0.3 is 0 Å². The van der Waals surface area contributed by atoms with E-state index in [0.717, 1.165) is 68.8 Å². The van der Waals surface area contributed by atoms with Crippen molar-refractivity contribution in [2.24, 2.45) is 0 Å². The average Bonchev–Trinajstić information content (AvgIpc) is 1.88. The van der Waals surface area contributed by atoms with Gasteiger partial charge in [-0.15, -0.1) is 11.3 Å². The summed E-state index contributed by atoms with van der Waals surface area (Å²) >= 11 is 1.92. The Bertz CT molecular complexity index is 4250. The molecule has 4 nitrogen and oxygen atoms in total. The molecule has 403 valence electrons. The van der Waals surface area contributed by atoms with Crippen LogP contribution in [0.5, 0.6) is 0 Å². The van der Waals surface area contributed by atoms with E-state index in [0.29, 0.717) is 0 Å². The molecule has 4 heterocycles. The second-order valence-electron chi connectivity index (χ2n) is 28.9. The number of hydrogen-bond donors (Lipinski definition) is 1. The van der Waals surface area contributed by atoms with Crippen molar-refractivity contribution in [3.05, 3.63) is 179 Å². The summed E-state index contributed by atoms with van der Waals surface area (Å²) in [4.78, 5) is 2.43. The lowest BCUT2D eigenvalue weighted by molar-refractivity contribution is 0.332. The van der Waals surface area contributed by atoms with Gasteiger partial charge in [-0.25, -0.2) is 0 Å². The summed E-state index contributed by atoms with van der Waals surface area (Å²) in [5.41, 5.74) is 22.6. The number of fused-ring (bicyclic) bond motifs is 12. The fourth-order valence-corrected chi connectivity index (χ4v) is 14.2. The van der Waals surface area contributed by atoms with Gasteiger partial charge in [-0.05, 0) is 173 Å². The Hall–Kier alpha value is -7.02. The van der Waals surface area contributed by atoms with E-state index in [9.17, 15) is 0 Å². The van der Waals surface area contributed by atoms with Gasteiger partial charge in [0.25, 0.3) is 0 Å². The molecule has 8 aromatic carbocycles. The summed E-state index contributed by atoms with van der Waals surface area (Å²) in [7, 11) is 2.54. The van der Waals surface area contributed by atoms with Crippen molar-refractivity contribution in [2.45, 2.75) is 156 Å². The van der Waals surface area contributed by atoms with Crippen LogP contribution in [0.3, 0.4) is 0 Å². The van der Waals surface area contributed by atoms with E-state index in [-0.39, 0.29) is 32.5 Å². The van der Waals surface area contributed by atoms with Crippen LogP contribution in [-0.2, 0) is 32.5 Å². The van der Waals surface area contributed by atoms with Crippen molar-refractivity contribution >= 4 is 111 Å². The Morgan fingerprint density at radius 2 is 1.07 bits per heavy atom. The Morgan fingerprint density at radius 3 is 1.66 bits per heavy atom. The molecular weight excluding hydrogens is 990 g/mol. The van der Waals surface area contributed by atoms with E-state index in [4.69, 9.17) is 4.42 Å². The highest BCUT2D eigenvalue weighted by molar-refractivity contribution is 7.29. The van der Waals surface area contributed by atoms with Crippen LogP contribution in [-0.4, -0.2) is 11.8 Å². The first-order chi connectivity index (χ1) is 37.7. The lowest BCUT2D eigenvalue weighted by Crippen LogP contribution is -2.35. The first-order valence-corrected chi connectivity index (χ1v) is 29.9. The molecule has 1 aliphatic heterocycles. The van der Waals surface area contributed by atoms with Gasteiger partial charge in [0, 0.05) is 60.2 Å². The third-order valence-corrected chi connectivity index (χ3v) is 19.2. The fraction of sp³-hybridized carbons (Fsp3) is 0.324. The number of aromatic nitrogens is 1. The molecule has 0 saturated heterocycles. The standard InChI is InChI=1S/C74H77BN3OS/c1-69(2,3)43-21-28-47(29-22-43)76-57-40-50(77(48-30-23-44(24-31-48)70(4,5)6)49-32-25-45(26-33-49)71(7,8)9)34-35-51(57)61-62-52-19-17-18-20-59(52)79-67(62)63-53-41-55-56(74(15,16)38-37-73(55,13)14)42-58(53)78-65-54-39-46(72(10,11)12)27-36-60(54)80-68(65)75-64(61)66(63)78/h17-36,39-42,76H,37-38H2,1-16H3. The van der Waals surface area contributed by atoms with E-state index in [1.165, 1.54) is 86.8 Å². The second-order valence-corrected chi connectivity index (χ2v) is 29.9. The number of benzene rings is 8. The normalized spacial score (nSPS) is 15.2. The number of thiophene rings is 1. The van der Waals surface area contributed by atoms with Gasteiger partial charge in [0.2, 0.25) is 7.28 Å². The lowest BCUT2D eigenvalue weighted by atomic mass is 9.62. The zero-order chi connectivity index (χ0) is 56.4. The van der Waals surface area contributed by atoms with Gasteiger partial charge in [0.15, 0.2) is 0 Å². The Kier molecular flexibility index (Phi) is 11.6. The minimum Gasteiger partial charge on any atom is -0.455 e. The number of hydrogen-bond acceptors (Lipinski definition) is 4. The lowest BCUT2D eigenvalue weighted by Gasteiger charge is -2.42. The van der Waals surface area contributed by atoms with Crippen molar-refractivity contribution in [2.75, 3.05) is 10.2 Å². The van der Waals surface area contributed by atoms with E-state index in [2.05, 4.69) is 278 Å². The highest BCUT2D eigenvalue weighted by Crippen LogP contribution is 2.53. The summed E-state index contributed by atoms with van der Waals surface area (Å²) < 4.78 is 12.7. The molecule has 80 heavy (non-hydrogen) atoms. The smallest absolute Gasteiger partial charge is 0.211 e. The third kappa shape index (κ3) is 8.44. The minimum absolute atomic E-state index is 0.0139. The third-order valence-electron chi connectivity index (χ3n) is 18.1. The minimum atomic E-state index is -0.0143. The monoisotopic (exact) mass is 1070 g/mol. The topological polar surface area (TPSA) is 33.3 Å². The average molecular weight is 1070 g/mol. The van der Waals surface area contributed by atoms with Crippen LogP contribution in [0.25, 0.3) is 70.6 Å². The summed E-state index contributed by atoms with van der Waals surface area (Å²) in [6.07, 6.45) is 2.28. The second kappa shape index (κ2) is 17.7. The van der Waals surface area contributed by atoms with Gasteiger partial charge in [-0.2, -0.15) is 0 Å². The molecule has 1 aliphatic carbocycles. The molecule has 0 fully saturated rings. The zero-order valence-electron chi connectivity index (χ0n) is 50.1. The van der Waals surface area contributed by atoms with Gasteiger partial charge in [-0.3, -0.25) is 0 Å². The summed E-state index contributed by atoms with van der Waals surface area (Å²) in [5, 5.41) is 10.1. The molecule has 3 aromatic heterocycles. The van der Waals surface area contributed by atoms with E-state index >= 15 is 0 Å². The van der Waals surface area contributed by atoms with Crippen molar-refractivity contribution in [3.63, 3.8) is 0 Å². The molecule has 0 unspecified atom stereocenters. The number of nitrogens with one attached hydrogen (secondary N) is 1. The maximum absolute atomic E-state index is 7.43. The predicted octanol–water partition coefficient (Wildman–Crippen LogP) is 20.3. The summed E-state index contributed by atoms with van der Waals surface area (Å²) in [6, 6.07) is 55.7. The van der Waals surface area contributed by atoms with Crippen LogP contribution in [0.4, 0.5) is 28.4 Å². The van der Waals surface area contributed by atoms with Gasteiger partial charge in [0.05, 0.1) is 22.1 Å². The fourth-order valence-electron chi connectivity index (χ4n) is 13.1. The Balaban J connectivity index is 1.15. The molecule has 13 rings (SSSR count). The summed E-state index contributed by atoms with van der Waals surface area (Å²) in [5.74, 6) is 0. The maximum Gasteiger partial charge on any atom is 0.211 e. The van der Waals surface area contributed by atoms with Crippen LogP contribution in [0.2, 0.25) is 0 Å². The highest BCUT2D eigenvalue weighted by atomic mass is 32.1. The molecule has 1 radical (unpaired) electrons. The van der Waals surface area contributed by atoms with Crippen molar-refractivity contribution < 1.29 is 4.42 Å². The first-order valence-electron chi connectivity index (χ1n) is 29.1. The summed E-state index contributed by atoms with van der Waals surface area (Å²) in [6.45, 7) is 37.4. The van der Waals surface area contributed by atoms with Crippen LogP contribution >= 0.6 is 11.3 Å². The van der Waals surface area contributed by atoms with E-state index in [1.54, 1.807) is 0 Å². The zero-order valence-corrected chi connectivity index (χ0v) is 50.9. The molecule has 0 amide bonds. The van der Waals surface area contributed by atoms with Crippen LogP contribution in [0.1, 0.15) is 157 Å². The number of anilines is 5. The first kappa shape index (κ1) is 52.4. The largest absolute Gasteiger partial charge is 0.455 e. The number of furan rings is 1. The molecule has 0 saturated carbocycles. The van der Waals surface area contributed by atoms with Crippen molar-refractivity contribution in [3.8, 4) is 16.8 Å². The predicted molar refractivity (Wildman–Crippen MR) is 348 cm³/mol. The molecule has 1 N–H and O–H groups in total. The van der Waals surface area contributed by atoms with Gasteiger partial charge in [0.1, 0.15) is 11.2 Å². The molecule has 6 heteroatoms. The van der Waals surface area contributed by atoms with Crippen LogP contribution < -0.4 is 20.5 Å². The van der Waals surface area contributed by atoms with Crippen LogP contribution in [0.15, 0.2) is 150 Å². The van der Waals surface area contributed by atoms with E-state index < -0.39 is 0 Å². The molecule has 11 aromatic rings.